The van der Waals surface area contributed by atoms with E-state index in [9.17, 15) is 14.0 Å². The molecule has 0 N–H and O–H groups in total. The van der Waals surface area contributed by atoms with Gasteiger partial charge in [-0.2, -0.15) is 0 Å². The number of ketones is 2. The maximum absolute atomic E-state index is 15.1. The molecule has 1 aliphatic rings. The van der Waals surface area contributed by atoms with Gasteiger partial charge in [0.25, 0.3) is 5.88 Å². The molecule has 5 rings (SSSR count). The molecule has 1 saturated carbocycles. The number of carbonyl (C=O) groups is 2. The van der Waals surface area contributed by atoms with Gasteiger partial charge in [-0.15, -0.1) is 0 Å². The number of hydrogen-bond donors (Lipinski definition) is 0. The van der Waals surface area contributed by atoms with E-state index in [1.54, 1.807) is 13.2 Å². The van der Waals surface area contributed by atoms with Crippen LogP contribution in [0.5, 0.6) is 23.1 Å². The van der Waals surface area contributed by atoms with Gasteiger partial charge in [-0.05, 0) is 42.2 Å². The Bertz CT molecular complexity index is 1640. The average Bonchev–Trinajstić information content (AvgIpc) is 3.79. The van der Waals surface area contributed by atoms with Crippen LogP contribution in [0.15, 0.2) is 54.7 Å². The fourth-order valence-electron chi connectivity index (χ4n) is 4.62. The summed E-state index contributed by atoms with van der Waals surface area (Å²) >= 11 is 0. The van der Waals surface area contributed by atoms with Gasteiger partial charge >= 0.3 is 0 Å². The summed E-state index contributed by atoms with van der Waals surface area (Å²) in [6, 6.07) is 10.2. The number of hydrogen-bond acceptors (Lipinski definition) is 8. The Balaban J connectivity index is 1.33. The standard InChI is InChI=1S/C31H27F3N2O6/c1-39-11-12-41-26-17-23-29(36-30(26)40-2)24(7-10-35-23)42-25-16-21(33)19(14-22(25)34)15-28(38)31(8-9-31)27(37)13-18-3-5-20(32)6-4-18/h3-7,10,14,16-17H,8-9,11-13,15H2,1-2H3. The smallest absolute Gasteiger partial charge is 0.257 e. The quantitative estimate of drug-likeness (QED) is 0.150. The molecule has 0 bridgehead atoms. The lowest BCUT2D eigenvalue weighted by atomic mass is 9.87. The van der Waals surface area contributed by atoms with Gasteiger partial charge in [-0.3, -0.25) is 14.6 Å². The summed E-state index contributed by atoms with van der Waals surface area (Å²) in [6.07, 6.45) is 1.59. The molecule has 2 heterocycles. The Morgan fingerprint density at radius 2 is 1.60 bits per heavy atom. The monoisotopic (exact) mass is 580 g/mol. The van der Waals surface area contributed by atoms with Gasteiger partial charge in [0.15, 0.2) is 34.6 Å². The van der Waals surface area contributed by atoms with Crippen LogP contribution in [0, 0.1) is 22.9 Å². The number of halogens is 3. The van der Waals surface area contributed by atoms with E-state index in [1.807, 2.05) is 0 Å². The lowest BCUT2D eigenvalue weighted by Gasteiger charge is -2.15. The number of benzene rings is 2. The topological polar surface area (TPSA) is 96.8 Å². The summed E-state index contributed by atoms with van der Waals surface area (Å²) in [6.45, 7) is 0.594. The highest BCUT2D eigenvalue weighted by atomic mass is 19.1. The SMILES string of the molecule is COCCOc1cc2nccc(Oc3cc(F)c(CC(=O)C4(C(=O)Cc5ccc(F)cc5)CC4)cc3F)c2nc1OC. The molecule has 11 heteroatoms. The first-order valence-electron chi connectivity index (χ1n) is 13.2. The van der Waals surface area contributed by atoms with E-state index >= 15 is 8.78 Å². The van der Waals surface area contributed by atoms with E-state index in [0.29, 0.717) is 36.3 Å². The van der Waals surface area contributed by atoms with Crippen molar-refractivity contribution < 1.29 is 41.7 Å². The van der Waals surface area contributed by atoms with Gasteiger partial charge in [0.1, 0.15) is 23.8 Å². The highest BCUT2D eigenvalue weighted by Crippen LogP contribution is 2.49. The molecule has 4 aromatic rings. The normalized spacial score (nSPS) is 13.5. The van der Waals surface area contributed by atoms with Crippen molar-refractivity contribution in [3.05, 3.63) is 83.3 Å². The number of pyridine rings is 2. The van der Waals surface area contributed by atoms with Gasteiger partial charge in [0.05, 0.1) is 24.6 Å². The molecule has 2 aromatic carbocycles. The van der Waals surface area contributed by atoms with Gasteiger partial charge in [-0.1, -0.05) is 12.1 Å². The summed E-state index contributed by atoms with van der Waals surface area (Å²) in [5, 5.41) is 0. The first-order chi connectivity index (χ1) is 20.2. The van der Waals surface area contributed by atoms with Crippen molar-refractivity contribution in [2.45, 2.75) is 25.7 Å². The number of Topliss-reactive ketones (excluding diaryl/α,β-unsaturated/α-hetero) is 2. The Morgan fingerprint density at radius 1 is 0.857 bits per heavy atom. The molecule has 1 fully saturated rings. The predicted octanol–water partition coefficient (Wildman–Crippen LogP) is 5.58. The first kappa shape index (κ1) is 29.0. The fourth-order valence-corrected chi connectivity index (χ4v) is 4.62. The minimum atomic E-state index is -1.24. The number of fused-ring (bicyclic) bond motifs is 1. The van der Waals surface area contributed by atoms with Gasteiger partial charge in [0, 0.05) is 44.3 Å². The molecular formula is C31H27F3N2O6. The van der Waals surface area contributed by atoms with E-state index in [2.05, 4.69) is 9.97 Å². The van der Waals surface area contributed by atoms with Crippen molar-refractivity contribution in [1.82, 2.24) is 9.97 Å². The third-order valence-corrected chi connectivity index (χ3v) is 7.11. The highest BCUT2D eigenvalue weighted by Gasteiger charge is 2.54. The predicted molar refractivity (Wildman–Crippen MR) is 145 cm³/mol. The average molecular weight is 581 g/mol. The van der Waals surface area contributed by atoms with Crippen LogP contribution < -0.4 is 14.2 Å². The maximum atomic E-state index is 15.1. The molecule has 0 saturated heterocycles. The maximum Gasteiger partial charge on any atom is 0.257 e. The zero-order valence-electron chi connectivity index (χ0n) is 22.9. The first-order valence-corrected chi connectivity index (χ1v) is 13.2. The van der Waals surface area contributed by atoms with Crippen LogP contribution in [0.3, 0.4) is 0 Å². The Kier molecular flexibility index (Phi) is 8.39. The van der Waals surface area contributed by atoms with Crippen LogP contribution in [0.25, 0.3) is 11.0 Å². The van der Waals surface area contributed by atoms with Gasteiger partial charge in [-0.25, -0.2) is 18.2 Å². The summed E-state index contributed by atoms with van der Waals surface area (Å²) in [5.74, 6) is -2.88. The van der Waals surface area contributed by atoms with Crippen molar-refractivity contribution in [3.63, 3.8) is 0 Å². The molecule has 218 valence electrons. The number of carbonyl (C=O) groups excluding carboxylic acids is 2. The van der Waals surface area contributed by atoms with Gasteiger partial charge in [0.2, 0.25) is 0 Å². The van der Waals surface area contributed by atoms with Crippen LogP contribution in [-0.2, 0) is 27.2 Å². The van der Waals surface area contributed by atoms with Crippen LogP contribution in [-0.4, -0.2) is 49.0 Å². The van der Waals surface area contributed by atoms with Crippen molar-refractivity contribution >= 4 is 22.6 Å². The minimum absolute atomic E-state index is 0.0465. The lowest BCUT2D eigenvalue weighted by molar-refractivity contribution is -0.133. The molecule has 0 amide bonds. The summed E-state index contributed by atoms with van der Waals surface area (Å²) in [4.78, 5) is 34.6. The summed E-state index contributed by atoms with van der Waals surface area (Å²) < 4.78 is 65.1. The van der Waals surface area contributed by atoms with Crippen molar-refractivity contribution in [3.8, 4) is 23.1 Å². The van der Waals surface area contributed by atoms with Crippen LogP contribution in [0.1, 0.15) is 24.0 Å². The van der Waals surface area contributed by atoms with Crippen molar-refractivity contribution in [2.24, 2.45) is 5.41 Å². The van der Waals surface area contributed by atoms with Crippen LogP contribution in [0.4, 0.5) is 13.2 Å². The van der Waals surface area contributed by atoms with E-state index in [4.69, 9.17) is 18.9 Å². The Morgan fingerprint density at radius 3 is 2.29 bits per heavy atom. The highest BCUT2D eigenvalue weighted by molar-refractivity contribution is 6.11. The molecule has 0 radical (unpaired) electrons. The summed E-state index contributed by atoms with van der Waals surface area (Å²) in [7, 11) is 2.95. The zero-order valence-corrected chi connectivity index (χ0v) is 22.9. The molecule has 0 unspecified atom stereocenters. The van der Waals surface area contributed by atoms with Crippen LogP contribution in [0.2, 0.25) is 0 Å². The second-order valence-electron chi connectivity index (χ2n) is 9.90. The second kappa shape index (κ2) is 12.2. The number of ether oxygens (including phenoxy) is 4. The molecule has 0 atom stereocenters. The number of nitrogens with zero attached hydrogens (tertiary/aromatic N) is 2. The molecule has 0 spiro atoms. The fraction of sp³-hybridized carbons (Fsp3) is 0.290. The number of rotatable bonds is 13. The number of aromatic nitrogens is 2. The Hall–Kier alpha value is -4.51. The van der Waals surface area contributed by atoms with E-state index in [1.165, 1.54) is 43.6 Å². The minimum Gasteiger partial charge on any atom is -0.485 e. The second-order valence-corrected chi connectivity index (χ2v) is 9.90. The Labute approximate surface area is 239 Å². The summed E-state index contributed by atoms with van der Waals surface area (Å²) in [5.41, 5.74) is -0.265. The molecule has 42 heavy (non-hydrogen) atoms. The third-order valence-electron chi connectivity index (χ3n) is 7.11. The third kappa shape index (κ3) is 6.06. The molecule has 0 aliphatic heterocycles. The molecule has 2 aromatic heterocycles. The van der Waals surface area contributed by atoms with E-state index in [-0.39, 0.29) is 41.5 Å². The van der Waals surface area contributed by atoms with Gasteiger partial charge < -0.3 is 18.9 Å². The molecule has 1 aliphatic carbocycles. The van der Waals surface area contributed by atoms with Crippen LogP contribution >= 0.6 is 0 Å². The van der Waals surface area contributed by atoms with Crippen molar-refractivity contribution in [2.75, 3.05) is 27.4 Å². The largest absolute Gasteiger partial charge is 0.485 e. The molecular weight excluding hydrogens is 553 g/mol. The van der Waals surface area contributed by atoms with E-state index in [0.717, 1.165) is 12.1 Å². The zero-order chi connectivity index (χ0) is 29.9. The molecule has 8 nitrogen and oxygen atoms in total. The number of methoxy groups -OCH3 is 2. The van der Waals surface area contributed by atoms with Crippen molar-refractivity contribution in [1.29, 1.82) is 0 Å². The van der Waals surface area contributed by atoms with E-state index < -0.39 is 40.8 Å². The lowest BCUT2D eigenvalue weighted by Crippen LogP contribution is -2.29.